The molecular weight excluding hydrogens is 224 g/mol. The highest BCUT2D eigenvalue weighted by Gasteiger charge is 2.36. The summed E-state index contributed by atoms with van der Waals surface area (Å²) in [5.74, 6) is 0.200. The van der Waals surface area contributed by atoms with Crippen LogP contribution >= 0.6 is 0 Å². The Labute approximate surface area is 109 Å². The van der Waals surface area contributed by atoms with Gasteiger partial charge in [-0.05, 0) is 32.4 Å². The number of anilines is 1. The molecule has 0 spiro atoms. The molecule has 2 rings (SSSR count). The first-order chi connectivity index (χ1) is 8.69. The summed E-state index contributed by atoms with van der Waals surface area (Å²) in [5.41, 5.74) is 3.44. The maximum atomic E-state index is 12.4. The van der Waals surface area contributed by atoms with Crippen molar-refractivity contribution in [1.29, 1.82) is 0 Å². The third kappa shape index (κ3) is 2.27. The number of carbonyl (C=O) groups excluding carboxylic acids is 1. The maximum absolute atomic E-state index is 12.4. The summed E-state index contributed by atoms with van der Waals surface area (Å²) in [5, 5.41) is 3.36. The molecule has 1 atom stereocenters. The van der Waals surface area contributed by atoms with Crippen molar-refractivity contribution < 1.29 is 4.79 Å². The van der Waals surface area contributed by atoms with Gasteiger partial charge >= 0.3 is 0 Å². The summed E-state index contributed by atoms with van der Waals surface area (Å²) < 4.78 is 0. The fourth-order valence-electron chi connectivity index (χ4n) is 2.50. The molecule has 0 aromatic heterocycles. The first-order valence-corrected chi connectivity index (χ1v) is 6.84. The van der Waals surface area contributed by atoms with E-state index in [1.807, 2.05) is 4.90 Å². The fraction of sp³-hybridized carbons (Fsp3) is 0.533. The minimum absolute atomic E-state index is 0.147. The summed E-state index contributed by atoms with van der Waals surface area (Å²) in [6, 6.07) is 6.14. The van der Waals surface area contributed by atoms with E-state index >= 15 is 0 Å². The first-order valence-electron chi connectivity index (χ1n) is 6.84. The van der Waals surface area contributed by atoms with E-state index in [9.17, 15) is 4.79 Å². The first kappa shape index (κ1) is 13.1. The van der Waals surface area contributed by atoms with Gasteiger partial charge in [0.15, 0.2) is 0 Å². The summed E-state index contributed by atoms with van der Waals surface area (Å²) in [6.07, 6.45) is 2.03. The Morgan fingerprint density at radius 2 is 2.06 bits per heavy atom. The second kappa shape index (κ2) is 5.53. The number of nitrogens with one attached hydrogen (secondary N) is 1. The number of hydrogen-bond acceptors (Lipinski definition) is 2. The molecule has 0 fully saturated rings. The zero-order valence-electron chi connectivity index (χ0n) is 11.5. The van der Waals surface area contributed by atoms with E-state index in [1.165, 1.54) is 5.56 Å². The van der Waals surface area contributed by atoms with E-state index in [-0.39, 0.29) is 11.9 Å². The minimum Gasteiger partial charge on any atom is -0.310 e. The van der Waals surface area contributed by atoms with Gasteiger partial charge in [0.25, 0.3) is 0 Å². The van der Waals surface area contributed by atoms with Crippen molar-refractivity contribution in [1.82, 2.24) is 5.32 Å². The lowest BCUT2D eigenvalue weighted by Crippen LogP contribution is -2.35. The van der Waals surface area contributed by atoms with Gasteiger partial charge in [-0.3, -0.25) is 4.79 Å². The van der Waals surface area contributed by atoms with Gasteiger partial charge in [0.2, 0.25) is 5.91 Å². The van der Waals surface area contributed by atoms with Crippen LogP contribution in [0.15, 0.2) is 18.2 Å². The monoisotopic (exact) mass is 246 g/mol. The summed E-state index contributed by atoms with van der Waals surface area (Å²) in [4.78, 5) is 14.4. The highest BCUT2D eigenvalue weighted by molar-refractivity contribution is 6.04. The van der Waals surface area contributed by atoms with Gasteiger partial charge in [-0.15, -0.1) is 0 Å². The van der Waals surface area contributed by atoms with Crippen LogP contribution in [-0.2, 0) is 4.79 Å². The summed E-state index contributed by atoms with van der Waals surface area (Å²) >= 11 is 0. The molecule has 0 radical (unpaired) electrons. The number of fused-ring (bicyclic) bond motifs is 1. The van der Waals surface area contributed by atoms with Crippen LogP contribution in [0.1, 0.15) is 43.9 Å². The third-order valence-electron chi connectivity index (χ3n) is 3.34. The number of benzene rings is 1. The smallest absolute Gasteiger partial charge is 0.248 e. The van der Waals surface area contributed by atoms with Crippen molar-refractivity contribution in [3.63, 3.8) is 0 Å². The van der Waals surface area contributed by atoms with Gasteiger partial charge in [-0.25, -0.2) is 0 Å². The molecule has 3 heteroatoms. The van der Waals surface area contributed by atoms with Crippen molar-refractivity contribution in [2.75, 3.05) is 18.0 Å². The van der Waals surface area contributed by atoms with E-state index < -0.39 is 0 Å². The van der Waals surface area contributed by atoms with Crippen molar-refractivity contribution >= 4 is 11.6 Å². The molecule has 1 aliphatic heterocycles. The highest BCUT2D eigenvalue weighted by Crippen LogP contribution is 2.36. The predicted octanol–water partition coefficient (Wildman–Crippen LogP) is 2.79. The molecule has 1 amide bonds. The minimum atomic E-state index is -0.147. The van der Waals surface area contributed by atoms with Crippen LogP contribution in [0.2, 0.25) is 0 Å². The Bertz CT molecular complexity index is 442. The predicted molar refractivity (Wildman–Crippen MR) is 74.9 cm³/mol. The quantitative estimate of drug-likeness (QED) is 0.866. The molecule has 1 N–H and O–H groups in total. The molecule has 3 nitrogen and oxygen atoms in total. The summed E-state index contributed by atoms with van der Waals surface area (Å²) in [7, 11) is 0. The molecular formula is C15H22N2O. The molecule has 1 aromatic carbocycles. The van der Waals surface area contributed by atoms with Gasteiger partial charge < -0.3 is 10.2 Å². The van der Waals surface area contributed by atoms with E-state index in [1.54, 1.807) is 0 Å². The lowest BCUT2D eigenvalue weighted by atomic mass is 10.1. The second-order valence-electron chi connectivity index (χ2n) is 4.94. The molecule has 0 bridgehead atoms. The topological polar surface area (TPSA) is 32.3 Å². The normalized spacial score (nSPS) is 18.3. The van der Waals surface area contributed by atoms with Crippen LogP contribution in [0.25, 0.3) is 0 Å². The standard InChI is InChI=1S/C15H22N2O/c1-4-8-16-14-12-10-11(3)6-7-13(12)17(9-5-2)15(14)18/h6-7,10,14,16H,4-5,8-9H2,1-3H3. The van der Waals surface area contributed by atoms with Gasteiger partial charge in [0.05, 0.1) is 0 Å². The van der Waals surface area contributed by atoms with Gasteiger partial charge in [-0.2, -0.15) is 0 Å². The molecule has 0 saturated heterocycles. The van der Waals surface area contributed by atoms with Gasteiger partial charge in [-0.1, -0.05) is 31.5 Å². The largest absolute Gasteiger partial charge is 0.310 e. The number of amides is 1. The number of carbonyl (C=O) groups is 1. The molecule has 0 aliphatic carbocycles. The Hall–Kier alpha value is -1.35. The summed E-state index contributed by atoms with van der Waals surface area (Å²) in [6.45, 7) is 7.98. The average molecular weight is 246 g/mol. The molecule has 98 valence electrons. The molecule has 18 heavy (non-hydrogen) atoms. The molecule has 1 heterocycles. The van der Waals surface area contributed by atoms with Crippen molar-refractivity contribution in [3.05, 3.63) is 29.3 Å². The second-order valence-corrected chi connectivity index (χ2v) is 4.94. The Kier molecular flexibility index (Phi) is 4.02. The molecule has 1 aromatic rings. The Balaban J connectivity index is 2.34. The van der Waals surface area contributed by atoms with E-state index in [0.29, 0.717) is 0 Å². The lowest BCUT2D eigenvalue weighted by Gasteiger charge is -2.17. The maximum Gasteiger partial charge on any atom is 0.248 e. The zero-order valence-corrected chi connectivity index (χ0v) is 11.5. The molecule has 1 unspecified atom stereocenters. The Morgan fingerprint density at radius 3 is 2.72 bits per heavy atom. The van der Waals surface area contributed by atoms with E-state index in [0.717, 1.165) is 37.2 Å². The van der Waals surface area contributed by atoms with Crippen molar-refractivity contribution in [2.45, 2.75) is 39.7 Å². The third-order valence-corrected chi connectivity index (χ3v) is 3.34. The average Bonchev–Trinajstić information content (AvgIpc) is 2.60. The molecule has 0 saturated carbocycles. The van der Waals surface area contributed by atoms with Gasteiger partial charge in [0.1, 0.15) is 6.04 Å². The zero-order chi connectivity index (χ0) is 13.1. The van der Waals surface area contributed by atoms with Crippen LogP contribution in [0.4, 0.5) is 5.69 Å². The van der Waals surface area contributed by atoms with Crippen LogP contribution in [-0.4, -0.2) is 19.0 Å². The van der Waals surface area contributed by atoms with E-state index in [4.69, 9.17) is 0 Å². The number of aryl methyl sites for hydroxylation is 1. The van der Waals surface area contributed by atoms with Crippen LogP contribution < -0.4 is 10.2 Å². The lowest BCUT2D eigenvalue weighted by molar-refractivity contribution is -0.120. The van der Waals surface area contributed by atoms with Crippen LogP contribution in [0, 0.1) is 6.92 Å². The molecule has 1 aliphatic rings. The van der Waals surface area contributed by atoms with E-state index in [2.05, 4.69) is 44.3 Å². The SMILES string of the molecule is CCCNC1C(=O)N(CCC)c2ccc(C)cc21. The number of nitrogens with zero attached hydrogens (tertiary/aromatic N) is 1. The van der Waals surface area contributed by atoms with Crippen molar-refractivity contribution in [3.8, 4) is 0 Å². The van der Waals surface area contributed by atoms with Crippen LogP contribution in [0.3, 0.4) is 0 Å². The Morgan fingerprint density at radius 1 is 1.28 bits per heavy atom. The van der Waals surface area contributed by atoms with Crippen molar-refractivity contribution in [2.24, 2.45) is 0 Å². The van der Waals surface area contributed by atoms with Crippen LogP contribution in [0.5, 0.6) is 0 Å². The fourth-order valence-corrected chi connectivity index (χ4v) is 2.50. The highest BCUT2D eigenvalue weighted by atomic mass is 16.2. The van der Waals surface area contributed by atoms with Gasteiger partial charge in [0, 0.05) is 17.8 Å². The number of rotatable bonds is 5. The number of hydrogen-bond donors (Lipinski definition) is 1.